The summed E-state index contributed by atoms with van der Waals surface area (Å²) in [6.45, 7) is 13.7. The van der Waals surface area contributed by atoms with Crippen molar-refractivity contribution in [3.05, 3.63) is 22.5 Å². The van der Waals surface area contributed by atoms with Crippen molar-refractivity contribution in [1.29, 1.82) is 0 Å². The van der Waals surface area contributed by atoms with Crippen molar-refractivity contribution < 1.29 is 19.1 Å². The maximum atomic E-state index is 13.0. The third kappa shape index (κ3) is 4.66. The van der Waals surface area contributed by atoms with Crippen LogP contribution in [0.5, 0.6) is 0 Å². The van der Waals surface area contributed by atoms with Gasteiger partial charge in [-0.2, -0.15) is 0 Å². The van der Waals surface area contributed by atoms with Gasteiger partial charge in [0.15, 0.2) is 5.78 Å². The number of carbonyl (C=O) groups excluding carboxylic acids is 2. The molecule has 1 saturated heterocycles. The smallest absolute Gasteiger partial charge is 0.224 e. The summed E-state index contributed by atoms with van der Waals surface area (Å²) in [7, 11) is 0. The van der Waals surface area contributed by atoms with Gasteiger partial charge in [-0.25, -0.2) is 0 Å². The van der Waals surface area contributed by atoms with Crippen molar-refractivity contribution in [2.24, 2.45) is 11.3 Å². The van der Waals surface area contributed by atoms with Gasteiger partial charge in [0.1, 0.15) is 0 Å². The molecule has 156 valence electrons. The van der Waals surface area contributed by atoms with E-state index in [0.29, 0.717) is 38.7 Å². The van der Waals surface area contributed by atoms with Crippen LogP contribution in [0, 0.1) is 18.3 Å². The van der Waals surface area contributed by atoms with E-state index in [-0.39, 0.29) is 29.6 Å². The van der Waals surface area contributed by atoms with E-state index in [1.165, 1.54) is 0 Å². The van der Waals surface area contributed by atoms with E-state index in [0.717, 1.165) is 35.5 Å². The third-order valence-corrected chi connectivity index (χ3v) is 5.62. The minimum atomic E-state index is -0.0966. The molecule has 6 nitrogen and oxygen atoms in total. The lowest BCUT2D eigenvalue weighted by Crippen LogP contribution is -2.40. The van der Waals surface area contributed by atoms with Crippen LogP contribution in [0.15, 0.2) is 0 Å². The van der Waals surface area contributed by atoms with Crippen LogP contribution in [0.4, 0.5) is 0 Å². The first-order chi connectivity index (χ1) is 13.2. The number of carbonyl (C=O) groups is 2. The molecule has 1 aliphatic heterocycles. The number of aromatic nitrogens is 1. The third-order valence-electron chi connectivity index (χ3n) is 5.62. The first kappa shape index (κ1) is 21.1. The van der Waals surface area contributed by atoms with Crippen molar-refractivity contribution in [3.63, 3.8) is 0 Å². The lowest BCUT2D eigenvalue weighted by molar-refractivity contribution is -0.123. The summed E-state index contributed by atoms with van der Waals surface area (Å²) >= 11 is 0. The van der Waals surface area contributed by atoms with Gasteiger partial charge in [-0.3, -0.25) is 9.59 Å². The van der Waals surface area contributed by atoms with Gasteiger partial charge in [0.2, 0.25) is 5.91 Å². The number of fused-ring (bicyclic) bond motifs is 1. The van der Waals surface area contributed by atoms with Crippen molar-refractivity contribution in [2.45, 2.75) is 66.5 Å². The predicted octanol–water partition coefficient (Wildman–Crippen LogP) is 2.68. The van der Waals surface area contributed by atoms with E-state index >= 15 is 0 Å². The Morgan fingerprint density at radius 3 is 2.68 bits per heavy atom. The predicted molar refractivity (Wildman–Crippen MR) is 108 cm³/mol. The number of rotatable bonds is 6. The Morgan fingerprint density at radius 2 is 2.04 bits per heavy atom. The highest BCUT2D eigenvalue weighted by Crippen LogP contribution is 2.39. The highest BCUT2D eigenvalue weighted by Gasteiger charge is 2.37. The Morgan fingerprint density at radius 1 is 1.29 bits per heavy atom. The molecule has 1 atom stereocenters. The van der Waals surface area contributed by atoms with Crippen LogP contribution in [0.2, 0.25) is 0 Å². The molecule has 1 aromatic heterocycles. The zero-order valence-electron chi connectivity index (χ0n) is 17.9. The standard InChI is InChI=1S/C22H34N2O4/c1-14(2)12-24-15(3)17(21-18(24)9-22(4,5)10-19(21)25)8-20(26)23-11-16-13-27-6-7-28-16/h14,16H,6-13H2,1-5H3,(H,23,26). The van der Waals surface area contributed by atoms with E-state index in [4.69, 9.17) is 9.47 Å². The second-order valence-corrected chi connectivity index (χ2v) is 9.38. The molecule has 0 spiro atoms. The number of nitrogens with zero attached hydrogens (tertiary/aromatic N) is 1. The van der Waals surface area contributed by atoms with Crippen LogP contribution < -0.4 is 5.32 Å². The van der Waals surface area contributed by atoms with Gasteiger partial charge in [0.05, 0.1) is 32.3 Å². The fraction of sp³-hybridized carbons (Fsp3) is 0.727. The molecule has 3 rings (SSSR count). The highest BCUT2D eigenvalue weighted by atomic mass is 16.6. The SMILES string of the molecule is Cc1c(CC(=O)NCC2COCCO2)c2c(n1CC(C)C)CC(C)(C)CC2=O. The lowest BCUT2D eigenvalue weighted by Gasteiger charge is -2.30. The Hall–Kier alpha value is -1.66. The van der Waals surface area contributed by atoms with Crippen LogP contribution >= 0.6 is 0 Å². The average molecular weight is 391 g/mol. The second kappa shape index (κ2) is 8.37. The van der Waals surface area contributed by atoms with E-state index in [9.17, 15) is 9.59 Å². The van der Waals surface area contributed by atoms with Gasteiger partial charge in [-0.15, -0.1) is 0 Å². The molecule has 0 bridgehead atoms. The molecule has 1 unspecified atom stereocenters. The Labute approximate surface area is 168 Å². The molecule has 1 amide bonds. The van der Waals surface area contributed by atoms with E-state index in [1.54, 1.807) is 0 Å². The van der Waals surface area contributed by atoms with Crippen LogP contribution in [-0.2, 0) is 33.7 Å². The fourth-order valence-electron chi connectivity index (χ4n) is 4.34. The number of hydrogen-bond acceptors (Lipinski definition) is 4. The summed E-state index contributed by atoms with van der Waals surface area (Å²) in [5, 5.41) is 2.95. The summed E-state index contributed by atoms with van der Waals surface area (Å²) < 4.78 is 13.2. The Bertz CT molecular complexity index is 742. The summed E-state index contributed by atoms with van der Waals surface area (Å²) in [5.74, 6) is 0.573. The zero-order valence-corrected chi connectivity index (χ0v) is 17.9. The molecule has 6 heteroatoms. The van der Waals surface area contributed by atoms with Gasteiger partial charge >= 0.3 is 0 Å². The quantitative estimate of drug-likeness (QED) is 0.811. The summed E-state index contributed by atoms with van der Waals surface area (Å²) in [6.07, 6.45) is 1.54. The molecule has 1 fully saturated rings. The molecule has 1 aliphatic carbocycles. The van der Waals surface area contributed by atoms with Crippen molar-refractivity contribution >= 4 is 11.7 Å². The van der Waals surface area contributed by atoms with E-state index in [1.807, 2.05) is 6.92 Å². The Balaban J connectivity index is 1.81. The van der Waals surface area contributed by atoms with Gasteiger partial charge < -0.3 is 19.4 Å². The van der Waals surface area contributed by atoms with E-state index in [2.05, 4.69) is 37.6 Å². The number of amides is 1. The molecule has 2 heterocycles. The van der Waals surface area contributed by atoms with Crippen molar-refractivity contribution in [3.8, 4) is 0 Å². The highest BCUT2D eigenvalue weighted by molar-refractivity contribution is 6.01. The van der Waals surface area contributed by atoms with Crippen LogP contribution in [0.1, 0.15) is 61.4 Å². The molecule has 2 aliphatic rings. The molecule has 0 saturated carbocycles. The maximum Gasteiger partial charge on any atom is 0.224 e. The normalized spacial score (nSPS) is 21.6. The van der Waals surface area contributed by atoms with Gasteiger partial charge in [-0.1, -0.05) is 27.7 Å². The summed E-state index contributed by atoms with van der Waals surface area (Å²) in [4.78, 5) is 25.6. The molecule has 28 heavy (non-hydrogen) atoms. The topological polar surface area (TPSA) is 69.6 Å². The first-order valence-electron chi connectivity index (χ1n) is 10.4. The number of ketones is 1. The molecule has 0 aromatic carbocycles. The monoisotopic (exact) mass is 390 g/mol. The first-order valence-corrected chi connectivity index (χ1v) is 10.4. The minimum absolute atomic E-state index is 0.0402. The van der Waals surface area contributed by atoms with Gasteiger partial charge in [0.25, 0.3) is 0 Å². The second-order valence-electron chi connectivity index (χ2n) is 9.38. The average Bonchev–Trinajstić information content (AvgIpc) is 2.85. The summed E-state index contributed by atoms with van der Waals surface area (Å²) in [6, 6.07) is 0. The fourth-order valence-corrected chi connectivity index (χ4v) is 4.34. The number of nitrogens with one attached hydrogen (secondary N) is 1. The van der Waals surface area contributed by atoms with Gasteiger partial charge in [-0.05, 0) is 30.2 Å². The maximum absolute atomic E-state index is 13.0. The van der Waals surface area contributed by atoms with E-state index < -0.39 is 0 Å². The number of ether oxygens (including phenoxy) is 2. The Kier molecular flexibility index (Phi) is 6.30. The van der Waals surface area contributed by atoms with Crippen molar-refractivity contribution in [2.75, 3.05) is 26.4 Å². The number of Topliss-reactive ketones (excluding diaryl/α,β-unsaturated/α-hetero) is 1. The zero-order chi connectivity index (χ0) is 20.5. The van der Waals surface area contributed by atoms with Crippen LogP contribution in [0.3, 0.4) is 0 Å². The number of hydrogen-bond donors (Lipinski definition) is 1. The van der Waals surface area contributed by atoms with Crippen LogP contribution in [0.25, 0.3) is 0 Å². The summed E-state index contributed by atoms with van der Waals surface area (Å²) in [5.41, 5.74) is 3.82. The molecular weight excluding hydrogens is 356 g/mol. The molecular formula is C22H34N2O4. The largest absolute Gasteiger partial charge is 0.376 e. The lowest BCUT2D eigenvalue weighted by atomic mass is 9.75. The molecule has 0 radical (unpaired) electrons. The molecule has 1 aromatic rings. The molecule has 1 N–H and O–H groups in total. The van der Waals surface area contributed by atoms with Gasteiger partial charge in [0, 0.05) is 36.5 Å². The minimum Gasteiger partial charge on any atom is -0.376 e. The van der Waals surface area contributed by atoms with Crippen molar-refractivity contribution in [1.82, 2.24) is 9.88 Å². The van der Waals surface area contributed by atoms with Crippen LogP contribution in [-0.4, -0.2) is 48.7 Å².